The highest BCUT2D eigenvalue weighted by atomic mass is 32.2. The number of carboxylic acids is 1. The first-order chi connectivity index (χ1) is 15.6. The molecular formula is C25H31NO5S2. The van der Waals surface area contributed by atoms with Crippen LogP contribution in [0.4, 0.5) is 11.4 Å². The Balaban J connectivity index is 2.26. The molecule has 6 nitrogen and oxygen atoms in total. The summed E-state index contributed by atoms with van der Waals surface area (Å²) in [6.45, 7) is 6.32. The predicted octanol–water partition coefficient (Wildman–Crippen LogP) is 5.90. The van der Waals surface area contributed by atoms with E-state index in [4.69, 9.17) is 9.84 Å². The van der Waals surface area contributed by atoms with Crippen LogP contribution in [-0.2, 0) is 14.6 Å². The lowest BCUT2D eigenvalue weighted by atomic mass is 9.89. The number of ether oxygens (including phenoxy) is 1. The third kappa shape index (κ3) is 5.06. The Morgan fingerprint density at radius 3 is 2.58 bits per heavy atom. The lowest BCUT2D eigenvalue weighted by molar-refractivity contribution is -0.131. The van der Waals surface area contributed by atoms with E-state index in [0.29, 0.717) is 18.0 Å². The Kier molecular flexibility index (Phi) is 7.80. The minimum atomic E-state index is -3.74. The summed E-state index contributed by atoms with van der Waals surface area (Å²) in [6, 6.07) is 13.2. The number of anilines is 2. The molecule has 1 N–H and O–H groups in total. The average Bonchev–Trinajstić information content (AvgIpc) is 2.84. The first kappa shape index (κ1) is 25.2. The molecule has 0 spiro atoms. The van der Waals surface area contributed by atoms with Crippen LogP contribution in [0, 0.1) is 5.92 Å². The van der Waals surface area contributed by atoms with Gasteiger partial charge in [-0.05, 0) is 50.6 Å². The van der Waals surface area contributed by atoms with Crippen LogP contribution in [0.1, 0.15) is 40.0 Å². The fraction of sp³-hybridized carbons (Fsp3) is 0.400. The van der Waals surface area contributed by atoms with Crippen molar-refractivity contribution in [3.05, 3.63) is 54.8 Å². The first-order valence-electron chi connectivity index (χ1n) is 11.0. The van der Waals surface area contributed by atoms with Gasteiger partial charge in [0.05, 0.1) is 32.6 Å². The van der Waals surface area contributed by atoms with Crippen molar-refractivity contribution >= 4 is 38.9 Å². The minimum Gasteiger partial charge on any atom is -0.478 e. The number of sulfone groups is 1. The van der Waals surface area contributed by atoms with Crippen molar-refractivity contribution in [1.29, 1.82) is 0 Å². The van der Waals surface area contributed by atoms with Crippen LogP contribution in [0.25, 0.3) is 0 Å². The van der Waals surface area contributed by atoms with E-state index in [9.17, 15) is 13.2 Å². The Morgan fingerprint density at radius 1 is 1.27 bits per heavy atom. The molecule has 1 atom stereocenters. The molecule has 178 valence electrons. The van der Waals surface area contributed by atoms with Crippen molar-refractivity contribution in [2.75, 3.05) is 17.7 Å². The lowest BCUT2D eigenvalue weighted by Gasteiger charge is -2.34. The third-order valence-electron chi connectivity index (χ3n) is 6.28. The number of fused-ring (bicyclic) bond motifs is 1. The fourth-order valence-corrected chi connectivity index (χ4v) is 6.60. The summed E-state index contributed by atoms with van der Waals surface area (Å²) in [7, 11) is -3.74. The zero-order chi connectivity index (χ0) is 24.2. The summed E-state index contributed by atoms with van der Waals surface area (Å²) in [5, 5.41) is 8.89. The molecule has 0 fully saturated rings. The summed E-state index contributed by atoms with van der Waals surface area (Å²) in [6.07, 6.45) is 6.58. The second kappa shape index (κ2) is 10.2. The highest BCUT2D eigenvalue weighted by Crippen LogP contribution is 2.48. The third-order valence-corrected chi connectivity index (χ3v) is 9.67. The minimum absolute atomic E-state index is 0.0796. The van der Waals surface area contributed by atoms with E-state index >= 15 is 0 Å². The Bertz CT molecular complexity index is 1130. The zero-order valence-corrected chi connectivity index (χ0v) is 21.1. The van der Waals surface area contributed by atoms with Crippen molar-refractivity contribution in [2.45, 2.75) is 54.6 Å². The van der Waals surface area contributed by atoms with Crippen molar-refractivity contribution in [1.82, 2.24) is 0 Å². The second-order valence-corrected chi connectivity index (χ2v) is 12.0. The summed E-state index contributed by atoms with van der Waals surface area (Å²) < 4.78 is 32.6. The topological polar surface area (TPSA) is 83.9 Å². The van der Waals surface area contributed by atoms with Gasteiger partial charge in [-0.15, -0.1) is 11.8 Å². The Morgan fingerprint density at radius 2 is 1.97 bits per heavy atom. The van der Waals surface area contributed by atoms with Gasteiger partial charge in [-0.25, -0.2) is 13.2 Å². The number of carbonyl (C=O) groups is 1. The lowest BCUT2D eigenvalue weighted by Crippen LogP contribution is -2.42. The maximum Gasteiger partial charge on any atom is 0.331 e. The van der Waals surface area contributed by atoms with Crippen LogP contribution in [0.15, 0.2) is 64.6 Å². The van der Waals surface area contributed by atoms with Crippen LogP contribution >= 0.6 is 11.8 Å². The van der Waals surface area contributed by atoms with E-state index in [1.165, 1.54) is 11.8 Å². The monoisotopic (exact) mass is 489 g/mol. The zero-order valence-electron chi connectivity index (χ0n) is 19.4. The molecule has 2 aromatic carbocycles. The van der Waals surface area contributed by atoms with Crippen molar-refractivity contribution < 1.29 is 23.1 Å². The van der Waals surface area contributed by atoms with Crippen LogP contribution in [0.2, 0.25) is 0 Å². The Labute approximate surface area is 200 Å². The maximum atomic E-state index is 14.0. The number of hydrogen-bond acceptors (Lipinski definition) is 6. The molecule has 0 aromatic heterocycles. The second-order valence-electron chi connectivity index (χ2n) is 8.62. The number of unbranched alkanes of at least 4 members (excludes halogenated alkanes) is 1. The van der Waals surface area contributed by atoms with Crippen molar-refractivity contribution in [3.63, 3.8) is 0 Å². The van der Waals surface area contributed by atoms with Gasteiger partial charge in [0, 0.05) is 18.3 Å². The van der Waals surface area contributed by atoms with Crippen molar-refractivity contribution in [2.24, 2.45) is 5.92 Å². The molecule has 1 heterocycles. The SMILES string of the molecule is CCCCC1CN(c2ccccc2)c2cc(SC)c(O/C=C/C(=O)O)cc2S(=O)(=O)C1(C)C. The fourth-order valence-electron chi connectivity index (χ4n) is 4.16. The van der Waals surface area contributed by atoms with Crippen molar-refractivity contribution in [3.8, 4) is 5.75 Å². The largest absolute Gasteiger partial charge is 0.478 e. The van der Waals surface area contributed by atoms with E-state index in [1.807, 2.05) is 56.5 Å². The molecule has 0 radical (unpaired) electrons. The highest BCUT2D eigenvalue weighted by molar-refractivity contribution is 7.98. The molecule has 2 aromatic rings. The van der Waals surface area contributed by atoms with Crippen LogP contribution in [0.3, 0.4) is 0 Å². The van der Waals surface area contributed by atoms with Gasteiger partial charge in [-0.1, -0.05) is 38.0 Å². The number of carboxylic acid groups (broad SMARTS) is 1. The summed E-state index contributed by atoms with van der Waals surface area (Å²) >= 11 is 1.42. The van der Waals surface area contributed by atoms with Gasteiger partial charge in [0.25, 0.3) is 0 Å². The van der Waals surface area contributed by atoms with Gasteiger partial charge >= 0.3 is 5.97 Å². The molecule has 0 aliphatic carbocycles. The van der Waals surface area contributed by atoms with E-state index in [-0.39, 0.29) is 10.8 Å². The van der Waals surface area contributed by atoms with Gasteiger partial charge in [-0.3, -0.25) is 0 Å². The van der Waals surface area contributed by atoms with Gasteiger partial charge in [-0.2, -0.15) is 0 Å². The number of para-hydroxylation sites is 1. The first-order valence-corrected chi connectivity index (χ1v) is 13.7. The van der Waals surface area contributed by atoms with E-state index in [0.717, 1.165) is 42.2 Å². The normalized spacial score (nSPS) is 19.2. The molecule has 1 aliphatic rings. The standard InChI is InChI=1S/C25H31NO5S2/c1-5-6-10-18-17-26(19-11-8-7-9-12-19)20-15-22(32-4)21(31-14-13-24(27)28)16-23(20)33(29,30)25(18,2)3/h7-9,11-16,18H,5-6,10,17H2,1-4H3,(H,27,28)/b14-13+. The molecular weight excluding hydrogens is 458 g/mol. The van der Waals surface area contributed by atoms with Gasteiger partial charge in [0.15, 0.2) is 9.84 Å². The van der Waals surface area contributed by atoms with E-state index in [1.54, 1.807) is 6.07 Å². The van der Waals surface area contributed by atoms with Gasteiger partial charge < -0.3 is 14.7 Å². The molecule has 1 unspecified atom stereocenters. The molecule has 8 heteroatoms. The molecule has 33 heavy (non-hydrogen) atoms. The molecule has 0 saturated heterocycles. The maximum absolute atomic E-state index is 14.0. The smallest absolute Gasteiger partial charge is 0.331 e. The van der Waals surface area contributed by atoms with E-state index in [2.05, 4.69) is 11.8 Å². The highest BCUT2D eigenvalue weighted by Gasteiger charge is 2.47. The average molecular weight is 490 g/mol. The number of aliphatic carboxylic acids is 1. The number of thioether (sulfide) groups is 1. The number of benzene rings is 2. The summed E-state index contributed by atoms with van der Waals surface area (Å²) in [5.74, 6) is -0.902. The number of hydrogen-bond donors (Lipinski definition) is 1. The van der Waals surface area contributed by atoms with Crippen LogP contribution in [0.5, 0.6) is 5.75 Å². The van der Waals surface area contributed by atoms with Gasteiger partial charge in [0.2, 0.25) is 0 Å². The van der Waals surface area contributed by atoms with Gasteiger partial charge in [0.1, 0.15) is 5.75 Å². The molecule has 0 bridgehead atoms. The molecule has 0 amide bonds. The summed E-state index contributed by atoms with van der Waals surface area (Å²) in [5.41, 5.74) is 1.55. The summed E-state index contributed by atoms with van der Waals surface area (Å²) in [4.78, 5) is 13.9. The molecule has 0 saturated carbocycles. The Hall–Kier alpha value is -2.45. The quantitative estimate of drug-likeness (QED) is 0.281. The van der Waals surface area contributed by atoms with Crippen LogP contribution in [-0.4, -0.2) is 37.0 Å². The molecule has 1 aliphatic heterocycles. The number of rotatable bonds is 8. The van der Waals surface area contributed by atoms with E-state index < -0.39 is 20.6 Å². The number of nitrogens with zero attached hydrogens (tertiary/aromatic N) is 1. The van der Waals surface area contributed by atoms with Crippen LogP contribution < -0.4 is 9.64 Å². The predicted molar refractivity (Wildman–Crippen MR) is 133 cm³/mol. The molecule has 3 rings (SSSR count).